The molecule has 0 bridgehead atoms. The van der Waals surface area contributed by atoms with Crippen LogP contribution in [-0.2, 0) is 0 Å². The molecule has 0 aliphatic heterocycles. The number of hydrogen-bond acceptors (Lipinski definition) is 4. The van der Waals surface area contributed by atoms with Crippen molar-refractivity contribution < 1.29 is 5.11 Å². The van der Waals surface area contributed by atoms with E-state index >= 15 is 0 Å². The predicted molar refractivity (Wildman–Crippen MR) is 45.9 cm³/mol. The van der Waals surface area contributed by atoms with Gasteiger partial charge in [0.1, 0.15) is 11.6 Å². The van der Waals surface area contributed by atoms with Gasteiger partial charge in [-0.3, -0.25) is 4.98 Å². The Morgan fingerprint density at radius 1 is 1.38 bits per heavy atom. The lowest BCUT2D eigenvalue weighted by Gasteiger charge is -1.99. The Hall–Kier alpha value is -2.15. The van der Waals surface area contributed by atoms with E-state index in [1.807, 2.05) is 0 Å². The molecule has 0 aromatic carbocycles. The summed E-state index contributed by atoms with van der Waals surface area (Å²) in [6, 6.07) is 5.31. The van der Waals surface area contributed by atoms with E-state index in [4.69, 9.17) is 5.26 Å². The number of hydrogen-bond donors (Lipinski definition) is 1. The van der Waals surface area contributed by atoms with E-state index in [-0.39, 0.29) is 11.4 Å². The van der Waals surface area contributed by atoms with E-state index in [2.05, 4.69) is 9.97 Å². The number of nitriles is 1. The minimum absolute atomic E-state index is 0.00574. The molecule has 0 radical (unpaired) electrons. The second-order valence-electron chi connectivity index (χ2n) is 2.51. The molecule has 2 heterocycles. The maximum atomic E-state index is 9.50. The molecule has 13 heavy (non-hydrogen) atoms. The van der Waals surface area contributed by atoms with E-state index in [0.29, 0.717) is 5.52 Å². The maximum Gasteiger partial charge on any atom is 0.184 e. The summed E-state index contributed by atoms with van der Waals surface area (Å²) >= 11 is 0. The maximum absolute atomic E-state index is 9.50. The summed E-state index contributed by atoms with van der Waals surface area (Å²) in [7, 11) is 0. The van der Waals surface area contributed by atoms with Crippen molar-refractivity contribution in [2.75, 3.05) is 0 Å². The highest BCUT2D eigenvalue weighted by Crippen LogP contribution is 2.23. The molecule has 0 aliphatic carbocycles. The minimum Gasteiger partial charge on any atom is -0.503 e. The molecular formula is C9H5N3O. The van der Waals surface area contributed by atoms with Crippen LogP contribution < -0.4 is 0 Å². The van der Waals surface area contributed by atoms with Crippen LogP contribution in [0.2, 0.25) is 0 Å². The van der Waals surface area contributed by atoms with Gasteiger partial charge in [-0.15, -0.1) is 0 Å². The summed E-state index contributed by atoms with van der Waals surface area (Å²) in [4.78, 5) is 7.72. The van der Waals surface area contributed by atoms with E-state index in [0.717, 1.165) is 5.39 Å². The normalized spacial score (nSPS) is 9.77. The Bertz CT molecular complexity index is 502. The van der Waals surface area contributed by atoms with E-state index in [1.165, 1.54) is 6.20 Å². The van der Waals surface area contributed by atoms with Crippen LogP contribution >= 0.6 is 0 Å². The van der Waals surface area contributed by atoms with Crippen molar-refractivity contribution in [1.82, 2.24) is 9.97 Å². The molecule has 0 amide bonds. The summed E-state index contributed by atoms with van der Waals surface area (Å²) in [5, 5.41) is 18.8. The molecule has 0 unspecified atom stereocenters. The lowest BCUT2D eigenvalue weighted by molar-refractivity contribution is 0.476. The monoisotopic (exact) mass is 171 g/mol. The van der Waals surface area contributed by atoms with Crippen LogP contribution in [0.1, 0.15) is 5.69 Å². The number of aromatic nitrogens is 2. The first-order valence-electron chi connectivity index (χ1n) is 3.65. The van der Waals surface area contributed by atoms with Crippen molar-refractivity contribution in [3.63, 3.8) is 0 Å². The van der Waals surface area contributed by atoms with E-state index in [1.54, 1.807) is 24.4 Å². The van der Waals surface area contributed by atoms with Crippen LogP contribution in [0.15, 0.2) is 24.5 Å². The van der Waals surface area contributed by atoms with E-state index in [9.17, 15) is 5.11 Å². The highest BCUT2D eigenvalue weighted by Gasteiger charge is 2.06. The van der Waals surface area contributed by atoms with Gasteiger partial charge in [-0.1, -0.05) is 0 Å². The topological polar surface area (TPSA) is 69.8 Å². The van der Waals surface area contributed by atoms with Crippen LogP contribution in [0, 0.1) is 11.3 Å². The average Bonchev–Trinajstić information content (AvgIpc) is 2.19. The molecule has 0 saturated heterocycles. The highest BCUT2D eigenvalue weighted by atomic mass is 16.3. The molecule has 4 nitrogen and oxygen atoms in total. The van der Waals surface area contributed by atoms with Gasteiger partial charge in [-0.05, 0) is 12.1 Å². The highest BCUT2D eigenvalue weighted by molar-refractivity contribution is 5.84. The largest absolute Gasteiger partial charge is 0.503 e. The van der Waals surface area contributed by atoms with Crippen molar-refractivity contribution in [1.29, 1.82) is 5.26 Å². The predicted octanol–water partition coefficient (Wildman–Crippen LogP) is 1.21. The standard InChI is InChI=1S/C9H5N3O/c10-4-7-9(13)8-6(5-12-7)2-1-3-11-8/h1-3,5,13H. The van der Waals surface area contributed by atoms with Crippen molar-refractivity contribution in [3.8, 4) is 11.8 Å². The molecular weight excluding hydrogens is 166 g/mol. The second-order valence-corrected chi connectivity index (χ2v) is 2.51. The van der Waals surface area contributed by atoms with Gasteiger partial charge in [0.15, 0.2) is 11.4 Å². The summed E-state index contributed by atoms with van der Waals surface area (Å²) in [6.45, 7) is 0. The Balaban J connectivity index is 2.89. The number of fused-ring (bicyclic) bond motifs is 1. The van der Waals surface area contributed by atoms with Crippen LogP contribution in [0.3, 0.4) is 0 Å². The third-order valence-corrected chi connectivity index (χ3v) is 1.73. The zero-order chi connectivity index (χ0) is 9.26. The molecule has 2 aromatic rings. The van der Waals surface area contributed by atoms with Crippen LogP contribution in [0.5, 0.6) is 5.75 Å². The van der Waals surface area contributed by atoms with Gasteiger partial charge in [-0.25, -0.2) is 4.98 Å². The number of pyridine rings is 2. The average molecular weight is 171 g/mol. The third kappa shape index (κ3) is 1.07. The Morgan fingerprint density at radius 3 is 3.00 bits per heavy atom. The summed E-state index contributed by atoms with van der Waals surface area (Å²) in [5.41, 5.74) is 0.417. The molecule has 0 fully saturated rings. The summed E-state index contributed by atoms with van der Waals surface area (Å²) < 4.78 is 0. The van der Waals surface area contributed by atoms with Gasteiger partial charge in [0.25, 0.3) is 0 Å². The van der Waals surface area contributed by atoms with Gasteiger partial charge in [0.2, 0.25) is 0 Å². The van der Waals surface area contributed by atoms with Crippen LogP contribution in [0.25, 0.3) is 10.9 Å². The molecule has 1 N–H and O–H groups in total. The molecule has 0 atom stereocenters. The first-order valence-corrected chi connectivity index (χ1v) is 3.65. The van der Waals surface area contributed by atoms with Gasteiger partial charge < -0.3 is 5.11 Å². The van der Waals surface area contributed by atoms with Crippen LogP contribution in [0.4, 0.5) is 0 Å². The zero-order valence-corrected chi connectivity index (χ0v) is 6.60. The quantitative estimate of drug-likeness (QED) is 0.646. The van der Waals surface area contributed by atoms with Crippen molar-refractivity contribution >= 4 is 10.9 Å². The fourth-order valence-electron chi connectivity index (χ4n) is 1.11. The first kappa shape index (κ1) is 7.50. The lowest BCUT2D eigenvalue weighted by atomic mass is 10.2. The third-order valence-electron chi connectivity index (χ3n) is 1.73. The fraction of sp³-hybridized carbons (Fsp3) is 0. The van der Waals surface area contributed by atoms with E-state index < -0.39 is 0 Å². The van der Waals surface area contributed by atoms with Gasteiger partial charge in [0, 0.05) is 17.8 Å². The number of aromatic hydroxyl groups is 1. The van der Waals surface area contributed by atoms with Gasteiger partial charge in [0.05, 0.1) is 0 Å². The van der Waals surface area contributed by atoms with Crippen molar-refractivity contribution in [3.05, 3.63) is 30.2 Å². The minimum atomic E-state index is -0.152. The molecule has 2 aromatic heterocycles. The molecule has 0 saturated carbocycles. The Labute approximate surface area is 74.1 Å². The zero-order valence-electron chi connectivity index (χ0n) is 6.60. The van der Waals surface area contributed by atoms with Crippen molar-refractivity contribution in [2.24, 2.45) is 0 Å². The SMILES string of the molecule is N#Cc1ncc2cccnc2c1O. The molecule has 0 aliphatic rings. The second kappa shape index (κ2) is 2.72. The van der Waals surface area contributed by atoms with Crippen molar-refractivity contribution in [2.45, 2.75) is 0 Å². The molecule has 4 heteroatoms. The fourth-order valence-corrected chi connectivity index (χ4v) is 1.11. The number of nitrogens with zero attached hydrogens (tertiary/aromatic N) is 3. The molecule has 62 valence electrons. The smallest absolute Gasteiger partial charge is 0.184 e. The lowest BCUT2D eigenvalue weighted by Crippen LogP contribution is -1.86. The Morgan fingerprint density at radius 2 is 2.23 bits per heavy atom. The van der Waals surface area contributed by atoms with Gasteiger partial charge >= 0.3 is 0 Å². The van der Waals surface area contributed by atoms with Crippen LogP contribution in [-0.4, -0.2) is 15.1 Å². The Kier molecular flexibility index (Phi) is 1.57. The summed E-state index contributed by atoms with van der Waals surface area (Å²) in [6.07, 6.45) is 3.07. The molecule has 0 spiro atoms. The number of rotatable bonds is 0. The molecule has 2 rings (SSSR count). The first-order chi connectivity index (χ1) is 6.33. The van der Waals surface area contributed by atoms with Gasteiger partial charge in [-0.2, -0.15) is 5.26 Å². The summed E-state index contributed by atoms with van der Waals surface area (Å²) in [5.74, 6) is -0.152.